The maximum atomic E-state index is 12.0. The van der Waals surface area contributed by atoms with Crippen molar-refractivity contribution in [3.8, 4) is 0 Å². The van der Waals surface area contributed by atoms with Crippen LogP contribution in [0.5, 0.6) is 0 Å². The number of fused-ring (bicyclic) bond motifs is 1. The number of nitrogens with one attached hydrogen (secondary N) is 1. The van der Waals surface area contributed by atoms with E-state index in [1.165, 1.54) is 59.6 Å². The van der Waals surface area contributed by atoms with Crippen LogP contribution < -0.4 is 0 Å². The molecule has 31 heavy (non-hydrogen) atoms. The van der Waals surface area contributed by atoms with Gasteiger partial charge in [0, 0.05) is 30.2 Å². The van der Waals surface area contributed by atoms with Crippen LogP contribution in [0.3, 0.4) is 0 Å². The molecule has 1 aromatic carbocycles. The summed E-state index contributed by atoms with van der Waals surface area (Å²) in [4.78, 5) is 20.3. The summed E-state index contributed by atoms with van der Waals surface area (Å²) in [6, 6.07) is 8.35. The summed E-state index contributed by atoms with van der Waals surface area (Å²) < 4.78 is 0. The Hall–Kier alpha value is -2.85. The van der Waals surface area contributed by atoms with Crippen molar-refractivity contribution < 1.29 is 9.63 Å². The van der Waals surface area contributed by atoms with Crippen molar-refractivity contribution in [1.29, 1.82) is 0 Å². The third kappa shape index (κ3) is 5.65. The Morgan fingerprint density at radius 1 is 1.26 bits per heavy atom. The number of rotatable bonds is 7. The number of benzene rings is 1. The summed E-state index contributed by atoms with van der Waals surface area (Å²) in [5, 5.41) is 2.44. The molecule has 0 saturated heterocycles. The zero-order valence-corrected chi connectivity index (χ0v) is 19.4. The van der Waals surface area contributed by atoms with Gasteiger partial charge >= 0.3 is 0 Å². The van der Waals surface area contributed by atoms with E-state index in [0.717, 1.165) is 17.5 Å². The highest BCUT2D eigenvalue weighted by molar-refractivity contribution is 5.87. The van der Waals surface area contributed by atoms with E-state index in [0.29, 0.717) is 0 Å². The highest BCUT2D eigenvalue weighted by atomic mass is 16.7. The topological polar surface area (TPSA) is 45.3 Å². The normalized spacial score (nSPS) is 17.3. The first kappa shape index (κ1) is 22.8. The second-order valence-corrected chi connectivity index (χ2v) is 8.92. The molecule has 1 aliphatic carbocycles. The minimum Gasteiger partial charge on any atom is -0.361 e. The lowest BCUT2D eigenvalue weighted by Crippen LogP contribution is -2.22. The highest BCUT2D eigenvalue weighted by Crippen LogP contribution is 2.40. The maximum absolute atomic E-state index is 12.0. The van der Waals surface area contributed by atoms with E-state index >= 15 is 0 Å². The highest BCUT2D eigenvalue weighted by Gasteiger charge is 2.26. The second-order valence-electron chi connectivity index (χ2n) is 8.92. The standard InChI is InChI=1S/C27H34N2O2/c1-20-10-9-17-27(2,3)24(20)16-15-21(11-8-14-26(30)29(4)31-5)18-22-19-28-25-13-7-6-12-23(22)25/h6-8,11-16,19,28H,9-10,17-18H2,1-5H3/b14-8-,16-15+,21-11-. The van der Waals surface area contributed by atoms with Gasteiger partial charge < -0.3 is 4.98 Å². The van der Waals surface area contributed by atoms with Gasteiger partial charge in [0.15, 0.2) is 0 Å². The molecule has 0 atom stereocenters. The predicted octanol–water partition coefficient (Wildman–Crippen LogP) is 6.30. The van der Waals surface area contributed by atoms with Crippen molar-refractivity contribution in [1.82, 2.24) is 10.0 Å². The molecule has 0 radical (unpaired) electrons. The fourth-order valence-electron chi connectivity index (χ4n) is 4.32. The number of hydrogen-bond acceptors (Lipinski definition) is 2. The molecule has 1 aromatic heterocycles. The van der Waals surface area contributed by atoms with Gasteiger partial charge in [0.2, 0.25) is 0 Å². The number of likely N-dealkylation sites (N-methyl/N-ethyl adjacent to an activating group) is 1. The number of carbonyl (C=O) groups excluding carboxylic acids is 1. The van der Waals surface area contributed by atoms with Gasteiger partial charge in [-0.2, -0.15) is 0 Å². The van der Waals surface area contributed by atoms with Gasteiger partial charge in [0.1, 0.15) is 0 Å². The number of carbonyl (C=O) groups is 1. The summed E-state index contributed by atoms with van der Waals surface area (Å²) >= 11 is 0. The smallest absolute Gasteiger partial charge is 0.269 e. The molecule has 0 unspecified atom stereocenters. The molecule has 1 N–H and O–H groups in total. The fraction of sp³-hybridized carbons (Fsp3) is 0.370. The van der Waals surface area contributed by atoms with E-state index < -0.39 is 0 Å². The molecule has 164 valence electrons. The van der Waals surface area contributed by atoms with Gasteiger partial charge in [-0.1, -0.05) is 61.9 Å². The first-order valence-corrected chi connectivity index (χ1v) is 10.9. The minimum atomic E-state index is -0.193. The molecule has 0 aliphatic heterocycles. The Balaban J connectivity index is 1.91. The summed E-state index contributed by atoms with van der Waals surface area (Å²) in [5.74, 6) is -0.193. The van der Waals surface area contributed by atoms with Crippen LogP contribution >= 0.6 is 0 Å². The zero-order chi connectivity index (χ0) is 22.4. The van der Waals surface area contributed by atoms with E-state index in [9.17, 15) is 4.79 Å². The SMILES string of the molecule is CON(C)C(=O)\C=C/C=C(/C=C/C1=C(C)CCCC1(C)C)Cc1c[nH]c2ccccc12. The number of aromatic amines is 1. The Bertz CT molecular complexity index is 1050. The van der Waals surface area contributed by atoms with E-state index in [1.807, 2.05) is 12.1 Å². The van der Waals surface area contributed by atoms with Gasteiger partial charge in [0.05, 0.1) is 7.11 Å². The molecule has 4 nitrogen and oxygen atoms in total. The van der Waals surface area contributed by atoms with Crippen molar-refractivity contribution in [3.63, 3.8) is 0 Å². The molecule has 1 amide bonds. The summed E-state index contributed by atoms with van der Waals surface area (Å²) in [5.41, 5.74) is 6.64. The van der Waals surface area contributed by atoms with E-state index in [4.69, 9.17) is 4.84 Å². The second kappa shape index (κ2) is 9.97. The Morgan fingerprint density at radius 2 is 2.03 bits per heavy atom. The largest absolute Gasteiger partial charge is 0.361 e. The van der Waals surface area contributed by atoms with E-state index in [2.05, 4.69) is 62.3 Å². The molecule has 3 rings (SSSR count). The van der Waals surface area contributed by atoms with Gasteiger partial charge in [-0.3, -0.25) is 9.63 Å². The maximum Gasteiger partial charge on any atom is 0.269 e. The van der Waals surface area contributed by atoms with Crippen LogP contribution in [0.4, 0.5) is 0 Å². The van der Waals surface area contributed by atoms with Gasteiger partial charge in [0.25, 0.3) is 5.91 Å². The van der Waals surface area contributed by atoms with Crippen LogP contribution in [0.1, 0.15) is 45.6 Å². The molecular weight excluding hydrogens is 384 g/mol. The summed E-state index contributed by atoms with van der Waals surface area (Å²) in [6.45, 7) is 6.91. The first-order chi connectivity index (χ1) is 14.8. The van der Waals surface area contributed by atoms with E-state index in [1.54, 1.807) is 13.1 Å². The fourth-order valence-corrected chi connectivity index (χ4v) is 4.32. The van der Waals surface area contributed by atoms with Gasteiger partial charge in [-0.25, -0.2) is 5.06 Å². The number of hydroxylamine groups is 2. The molecular formula is C27H34N2O2. The van der Waals surface area contributed by atoms with Crippen LogP contribution in [0.2, 0.25) is 0 Å². The Kier molecular flexibility index (Phi) is 7.34. The number of para-hydroxylation sites is 1. The lowest BCUT2D eigenvalue weighted by Gasteiger charge is -2.33. The molecule has 0 bridgehead atoms. The average Bonchev–Trinajstić information content (AvgIpc) is 3.14. The third-order valence-corrected chi connectivity index (χ3v) is 6.21. The number of amides is 1. The number of allylic oxidation sites excluding steroid dienone is 7. The third-order valence-electron chi connectivity index (χ3n) is 6.21. The lowest BCUT2D eigenvalue weighted by molar-refractivity contribution is -0.162. The molecule has 0 saturated carbocycles. The Morgan fingerprint density at radius 3 is 2.77 bits per heavy atom. The molecule has 0 spiro atoms. The number of aromatic nitrogens is 1. The number of H-pyrrole nitrogens is 1. The van der Waals surface area contributed by atoms with Crippen LogP contribution in [-0.4, -0.2) is 30.1 Å². The van der Waals surface area contributed by atoms with Crippen molar-refractivity contribution in [2.24, 2.45) is 5.41 Å². The molecule has 1 heterocycles. The van der Waals surface area contributed by atoms with Crippen molar-refractivity contribution in [2.45, 2.75) is 46.5 Å². The average molecular weight is 419 g/mol. The lowest BCUT2D eigenvalue weighted by atomic mass is 9.72. The minimum absolute atomic E-state index is 0.192. The molecule has 2 aromatic rings. The van der Waals surface area contributed by atoms with Gasteiger partial charge in [-0.15, -0.1) is 0 Å². The summed E-state index contributed by atoms with van der Waals surface area (Å²) in [7, 11) is 3.08. The molecule has 4 heteroatoms. The van der Waals surface area contributed by atoms with Crippen molar-refractivity contribution in [3.05, 3.63) is 83.1 Å². The van der Waals surface area contributed by atoms with Gasteiger partial charge in [-0.05, 0) is 60.8 Å². The number of nitrogens with zero attached hydrogens (tertiary/aromatic N) is 1. The monoisotopic (exact) mass is 418 g/mol. The van der Waals surface area contributed by atoms with Crippen LogP contribution in [0.15, 0.2) is 77.6 Å². The summed E-state index contributed by atoms with van der Waals surface area (Å²) in [6.07, 6.45) is 16.3. The molecule has 1 aliphatic rings. The quantitative estimate of drug-likeness (QED) is 0.326. The first-order valence-electron chi connectivity index (χ1n) is 10.9. The van der Waals surface area contributed by atoms with Crippen LogP contribution in [0.25, 0.3) is 10.9 Å². The van der Waals surface area contributed by atoms with Crippen molar-refractivity contribution >= 4 is 16.8 Å². The zero-order valence-electron chi connectivity index (χ0n) is 19.4. The van der Waals surface area contributed by atoms with Crippen LogP contribution in [0, 0.1) is 5.41 Å². The van der Waals surface area contributed by atoms with E-state index in [-0.39, 0.29) is 11.3 Å². The van der Waals surface area contributed by atoms with Crippen molar-refractivity contribution in [2.75, 3.05) is 14.2 Å². The Labute approximate surface area is 185 Å². The predicted molar refractivity (Wildman–Crippen MR) is 128 cm³/mol. The number of hydrogen-bond donors (Lipinski definition) is 1. The molecule has 0 fully saturated rings. The van der Waals surface area contributed by atoms with Crippen LogP contribution in [-0.2, 0) is 16.1 Å².